The van der Waals surface area contributed by atoms with Crippen molar-refractivity contribution in [3.63, 3.8) is 0 Å². The van der Waals surface area contributed by atoms with Gasteiger partial charge in [-0.25, -0.2) is 4.79 Å². The maximum absolute atomic E-state index is 12.8. The Morgan fingerprint density at radius 1 is 1.00 bits per heavy atom. The number of thiophene rings is 1. The van der Waals surface area contributed by atoms with Gasteiger partial charge in [0.1, 0.15) is 17.6 Å². The number of nitrogens with one attached hydrogen (secondary N) is 1. The van der Waals surface area contributed by atoms with Crippen molar-refractivity contribution in [1.82, 2.24) is 0 Å². The van der Waals surface area contributed by atoms with Gasteiger partial charge < -0.3 is 9.47 Å². The summed E-state index contributed by atoms with van der Waals surface area (Å²) in [4.78, 5) is 25.7. The van der Waals surface area contributed by atoms with Crippen LogP contribution in [0.2, 0.25) is 4.34 Å². The largest absolute Gasteiger partial charge is 0.496 e. The van der Waals surface area contributed by atoms with E-state index in [9.17, 15) is 9.59 Å². The molecule has 1 aromatic heterocycles. The van der Waals surface area contributed by atoms with Gasteiger partial charge in [0.05, 0.1) is 27.4 Å². The second-order valence-corrected chi connectivity index (χ2v) is 11.6. The Morgan fingerprint density at radius 3 is 2.33 bits per heavy atom. The van der Waals surface area contributed by atoms with E-state index in [1.807, 2.05) is 80.6 Å². The monoisotopic (exact) mass is 559 g/mol. The lowest BCUT2D eigenvalue weighted by Crippen LogP contribution is -2.16. The minimum absolute atomic E-state index is 0.227. The summed E-state index contributed by atoms with van der Waals surface area (Å²) in [6.45, 7) is 5.52. The average Bonchev–Trinajstić information content (AvgIpc) is 3.66. The molecule has 39 heavy (non-hydrogen) atoms. The van der Waals surface area contributed by atoms with Crippen molar-refractivity contribution in [3.05, 3.63) is 93.8 Å². The number of carbonyl (C=O) groups is 2. The zero-order valence-electron chi connectivity index (χ0n) is 22.3. The van der Waals surface area contributed by atoms with Crippen LogP contribution in [0.15, 0.2) is 72.8 Å². The van der Waals surface area contributed by atoms with E-state index in [1.165, 1.54) is 11.3 Å². The van der Waals surface area contributed by atoms with Crippen LogP contribution in [0.3, 0.4) is 0 Å². The van der Waals surface area contributed by atoms with Gasteiger partial charge in [-0.15, -0.1) is 11.3 Å². The molecule has 1 fully saturated rings. The summed E-state index contributed by atoms with van der Waals surface area (Å²) >= 11 is 7.74. The fourth-order valence-corrected chi connectivity index (χ4v) is 6.26. The third-order valence-corrected chi connectivity index (χ3v) is 8.80. The van der Waals surface area contributed by atoms with Crippen LogP contribution >= 0.6 is 22.9 Å². The minimum Gasteiger partial charge on any atom is -0.496 e. The number of hydrogen-bond acceptors (Lipinski definition) is 5. The molecule has 1 saturated carbocycles. The molecule has 0 unspecified atom stereocenters. The maximum Gasteiger partial charge on any atom is 0.412 e. The van der Waals surface area contributed by atoms with Crippen LogP contribution in [-0.2, 0) is 14.9 Å². The van der Waals surface area contributed by atoms with E-state index in [2.05, 4.69) is 5.32 Å². The number of methoxy groups -OCH3 is 1. The van der Waals surface area contributed by atoms with E-state index in [4.69, 9.17) is 21.1 Å². The predicted octanol–water partition coefficient (Wildman–Crippen LogP) is 8.98. The molecule has 0 aliphatic heterocycles. The molecule has 0 bridgehead atoms. The zero-order valence-corrected chi connectivity index (χ0v) is 23.9. The predicted molar refractivity (Wildman–Crippen MR) is 158 cm³/mol. The molecule has 4 aromatic rings. The summed E-state index contributed by atoms with van der Waals surface area (Å²) in [6.07, 6.45) is 0.874. The fourth-order valence-electron chi connectivity index (χ4n) is 5.08. The number of ether oxygens (including phenoxy) is 2. The molecule has 1 N–H and O–H groups in total. The summed E-state index contributed by atoms with van der Waals surface area (Å²) < 4.78 is 12.0. The highest BCUT2D eigenvalue weighted by molar-refractivity contribution is 7.20. The van der Waals surface area contributed by atoms with Gasteiger partial charge in [0.15, 0.2) is 0 Å². The second-order valence-electron chi connectivity index (χ2n) is 9.95. The van der Waals surface area contributed by atoms with Crippen LogP contribution in [0.4, 0.5) is 10.5 Å². The molecule has 5 rings (SSSR count). The summed E-state index contributed by atoms with van der Waals surface area (Å²) in [5.74, 6) is 0.920. The number of amides is 1. The zero-order chi connectivity index (χ0) is 27.7. The van der Waals surface area contributed by atoms with Gasteiger partial charge in [0.25, 0.3) is 0 Å². The summed E-state index contributed by atoms with van der Waals surface area (Å²) in [6, 6.07) is 23.6. The molecule has 7 heteroatoms. The number of halogens is 1. The fraction of sp³-hybridized carbons (Fsp3) is 0.250. The van der Waals surface area contributed by atoms with Gasteiger partial charge in [-0.2, -0.15) is 0 Å². The van der Waals surface area contributed by atoms with Crippen molar-refractivity contribution in [3.8, 4) is 27.3 Å². The second kappa shape index (κ2) is 10.9. The lowest BCUT2D eigenvalue weighted by molar-refractivity contribution is -0.119. The Kier molecular flexibility index (Phi) is 7.52. The van der Waals surface area contributed by atoms with E-state index in [-0.39, 0.29) is 11.2 Å². The number of aryl methyl sites for hydroxylation is 1. The Morgan fingerprint density at radius 2 is 1.69 bits per heavy atom. The molecule has 1 aliphatic carbocycles. The molecule has 1 atom stereocenters. The first-order valence-electron chi connectivity index (χ1n) is 12.8. The third kappa shape index (κ3) is 5.45. The van der Waals surface area contributed by atoms with Crippen LogP contribution in [0.5, 0.6) is 5.75 Å². The number of rotatable bonds is 8. The van der Waals surface area contributed by atoms with Gasteiger partial charge in [0, 0.05) is 5.56 Å². The molecule has 0 saturated heterocycles. The van der Waals surface area contributed by atoms with E-state index in [1.54, 1.807) is 20.1 Å². The first kappa shape index (κ1) is 27.0. The first-order valence-corrected chi connectivity index (χ1v) is 14.0. The van der Waals surface area contributed by atoms with Gasteiger partial charge in [-0.3, -0.25) is 10.1 Å². The molecule has 0 spiro atoms. The number of ketones is 1. The van der Waals surface area contributed by atoms with Gasteiger partial charge >= 0.3 is 6.09 Å². The Labute approximate surface area is 237 Å². The van der Waals surface area contributed by atoms with Gasteiger partial charge in [-0.05, 0) is 73.6 Å². The quantitative estimate of drug-likeness (QED) is 0.234. The Bertz CT molecular complexity index is 1540. The maximum atomic E-state index is 12.8. The van der Waals surface area contributed by atoms with Crippen LogP contribution in [-0.4, -0.2) is 19.0 Å². The highest BCUT2D eigenvalue weighted by Crippen LogP contribution is 2.49. The van der Waals surface area contributed by atoms with Crippen LogP contribution < -0.4 is 10.1 Å². The Hall–Kier alpha value is -3.61. The van der Waals surface area contributed by atoms with Crippen LogP contribution in [0, 0.1) is 6.92 Å². The highest BCUT2D eigenvalue weighted by atomic mass is 35.5. The molecule has 3 aromatic carbocycles. The molecule has 1 heterocycles. The third-order valence-electron chi connectivity index (χ3n) is 7.49. The molecular formula is C32H30ClNO4S. The standard InChI is InChI=1S/C32H30ClNO4S/c1-19-7-5-6-8-25(19)20(2)38-31(36)34-27-18-29(33)39-30(27)23-11-14-26(28(17-23)37-4)22-9-12-24(13-10-22)32(15-16-32)21(3)35/h5-14,17-18,20H,15-16H2,1-4H3,(H,34,36)/t20-/m1/s1. The summed E-state index contributed by atoms with van der Waals surface area (Å²) in [5.41, 5.74) is 6.16. The van der Waals surface area contributed by atoms with Crippen molar-refractivity contribution >= 4 is 40.5 Å². The lowest BCUT2D eigenvalue weighted by Gasteiger charge is -2.17. The number of hydrogen-bond donors (Lipinski definition) is 1. The minimum atomic E-state index is -0.552. The smallest absolute Gasteiger partial charge is 0.412 e. The van der Waals surface area contributed by atoms with Crippen molar-refractivity contribution in [1.29, 1.82) is 0 Å². The first-order chi connectivity index (χ1) is 18.7. The van der Waals surface area contributed by atoms with Crippen molar-refractivity contribution < 1.29 is 19.1 Å². The summed E-state index contributed by atoms with van der Waals surface area (Å²) in [5, 5.41) is 2.87. The topological polar surface area (TPSA) is 64.6 Å². The van der Waals surface area contributed by atoms with Gasteiger partial charge in [0.2, 0.25) is 0 Å². The number of benzene rings is 3. The number of Topliss-reactive ketones (excluding diaryl/α,β-unsaturated/α-hetero) is 1. The molecule has 5 nitrogen and oxygen atoms in total. The van der Waals surface area contributed by atoms with Crippen molar-refractivity contribution in [2.45, 2.75) is 45.1 Å². The molecule has 1 aliphatic rings. The SMILES string of the molecule is COc1cc(-c2sc(Cl)cc2NC(=O)O[C@H](C)c2ccccc2C)ccc1-c1ccc(C2(C(C)=O)CC2)cc1. The lowest BCUT2D eigenvalue weighted by atomic mass is 9.90. The Balaban J connectivity index is 1.37. The van der Waals surface area contributed by atoms with E-state index in [0.717, 1.165) is 51.1 Å². The van der Waals surface area contributed by atoms with Crippen molar-refractivity contribution in [2.24, 2.45) is 0 Å². The molecule has 0 radical (unpaired) electrons. The number of anilines is 1. The van der Waals surface area contributed by atoms with E-state index in [0.29, 0.717) is 15.8 Å². The molecule has 1 amide bonds. The van der Waals surface area contributed by atoms with Gasteiger partial charge in [-0.1, -0.05) is 72.3 Å². The average molecular weight is 560 g/mol. The summed E-state index contributed by atoms with van der Waals surface area (Å²) in [7, 11) is 1.64. The molecule has 200 valence electrons. The van der Waals surface area contributed by atoms with E-state index < -0.39 is 12.2 Å². The normalized spacial score (nSPS) is 14.4. The number of carbonyl (C=O) groups excluding carboxylic acids is 2. The van der Waals surface area contributed by atoms with E-state index >= 15 is 0 Å². The molecular weight excluding hydrogens is 530 g/mol. The van der Waals surface area contributed by atoms with Crippen LogP contribution in [0.1, 0.15) is 49.5 Å². The highest BCUT2D eigenvalue weighted by Gasteiger charge is 2.48. The van der Waals surface area contributed by atoms with Crippen LogP contribution in [0.25, 0.3) is 21.6 Å². The van der Waals surface area contributed by atoms with Crippen molar-refractivity contribution in [2.75, 3.05) is 12.4 Å².